The van der Waals surface area contributed by atoms with Crippen molar-refractivity contribution in [2.75, 3.05) is 13.2 Å². The molecule has 0 saturated carbocycles. The molecule has 0 bridgehead atoms. The molecule has 0 aliphatic heterocycles. The van der Waals surface area contributed by atoms with Crippen LogP contribution in [-0.2, 0) is 13.8 Å². The highest BCUT2D eigenvalue weighted by Gasteiger charge is 2.19. The zero-order valence-corrected chi connectivity index (χ0v) is 13.1. The van der Waals surface area contributed by atoms with Crippen molar-refractivity contribution < 1.29 is 22.7 Å². The molecule has 0 fully saturated rings. The van der Waals surface area contributed by atoms with Gasteiger partial charge in [-0.2, -0.15) is 0 Å². The van der Waals surface area contributed by atoms with Gasteiger partial charge in [-0.05, 0) is 31.0 Å². The summed E-state index contributed by atoms with van der Waals surface area (Å²) in [6, 6.07) is 3.84. The Morgan fingerprint density at radius 2 is 2.00 bits per heavy atom. The number of ether oxygens (including phenoxy) is 2. The van der Waals surface area contributed by atoms with Gasteiger partial charge in [0.25, 0.3) is 9.05 Å². The maximum Gasteiger partial charge on any atom is 0.341 e. The van der Waals surface area contributed by atoms with Crippen LogP contribution in [0.4, 0.5) is 0 Å². The molecule has 1 rings (SSSR count). The second kappa shape index (κ2) is 6.95. The highest BCUT2D eigenvalue weighted by atomic mass is 35.7. The number of esters is 1. The Balaban J connectivity index is 3.15. The van der Waals surface area contributed by atoms with Crippen LogP contribution in [0.5, 0.6) is 5.75 Å². The Kier molecular flexibility index (Phi) is 5.83. The first-order chi connectivity index (χ1) is 9.25. The molecule has 0 unspecified atom stereocenters. The third-order valence-electron chi connectivity index (χ3n) is 2.30. The topological polar surface area (TPSA) is 69.7 Å². The van der Waals surface area contributed by atoms with Gasteiger partial charge in [-0.1, -0.05) is 13.8 Å². The SMILES string of the molecule is CCOc1ccc(S(=O)(=O)Cl)cc1C(=O)OCC(C)C. The Labute approximate surface area is 123 Å². The lowest BCUT2D eigenvalue weighted by Gasteiger charge is -2.12. The Bertz CT molecular complexity index is 580. The number of rotatable bonds is 6. The first kappa shape index (κ1) is 16.8. The second-order valence-corrected chi connectivity index (χ2v) is 7.09. The molecule has 1 aromatic rings. The van der Waals surface area contributed by atoms with Crippen molar-refractivity contribution in [1.29, 1.82) is 0 Å². The normalized spacial score (nSPS) is 11.4. The standard InChI is InChI=1S/C13H17ClO5S/c1-4-18-12-6-5-10(20(14,16)17)7-11(12)13(15)19-8-9(2)3/h5-7,9H,4,8H2,1-3H3. The number of halogens is 1. The molecule has 0 aromatic heterocycles. The van der Waals surface area contributed by atoms with E-state index in [-0.39, 0.29) is 28.7 Å². The van der Waals surface area contributed by atoms with Crippen LogP contribution in [-0.4, -0.2) is 27.6 Å². The van der Waals surface area contributed by atoms with Gasteiger partial charge in [0.1, 0.15) is 11.3 Å². The minimum atomic E-state index is -3.91. The van der Waals surface area contributed by atoms with E-state index in [9.17, 15) is 13.2 Å². The maximum absolute atomic E-state index is 12.0. The average molecular weight is 321 g/mol. The van der Waals surface area contributed by atoms with Gasteiger partial charge in [0.2, 0.25) is 0 Å². The highest BCUT2D eigenvalue weighted by Crippen LogP contribution is 2.25. The molecule has 5 nitrogen and oxygen atoms in total. The van der Waals surface area contributed by atoms with Crippen LogP contribution in [0.1, 0.15) is 31.1 Å². The van der Waals surface area contributed by atoms with Crippen molar-refractivity contribution in [3.8, 4) is 5.75 Å². The van der Waals surface area contributed by atoms with Gasteiger partial charge in [-0.15, -0.1) is 0 Å². The molecule has 0 saturated heterocycles. The van der Waals surface area contributed by atoms with Gasteiger partial charge in [-0.3, -0.25) is 0 Å². The molecule has 7 heteroatoms. The molecule has 0 radical (unpaired) electrons. The summed E-state index contributed by atoms with van der Waals surface area (Å²) in [6.45, 7) is 6.14. The summed E-state index contributed by atoms with van der Waals surface area (Å²) < 4.78 is 33.0. The van der Waals surface area contributed by atoms with E-state index in [4.69, 9.17) is 20.2 Å². The van der Waals surface area contributed by atoms with E-state index >= 15 is 0 Å². The predicted octanol–water partition coefficient (Wildman–Crippen LogP) is 2.83. The highest BCUT2D eigenvalue weighted by molar-refractivity contribution is 8.13. The first-order valence-electron chi connectivity index (χ1n) is 6.14. The lowest BCUT2D eigenvalue weighted by atomic mass is 10.2. The van der Waals surface area contributed by atoms with Crippen LogP contribution >= 0.6 is 10.7 Å². The molecular formula is C13H17ClO5S. The first-order valence-corrected chi connectivity index (χ1v) is 8.45. The molecular weight excluding hydrogens is 304 g/mol. The summed E-state index contributed by atoms with van der Waals surface area (Å²) in [5, 5.41) is 0. The van der Waals surface area contributed by atoms with Crippen molar-refractivity contribution in [2.24, 2.45) is 5.92 Å². The molecule has 1 aromatic carbocycles. The fraction of sp³-hybridized carbons (Fsp3) is 0.462. The zero-order valence-electron chi connectivity index (χ0n) is 11.6. The van der Waals surface area contributed by atoms with Gasteiger partial charge in [-0.25, -0.2) is 13.2 Å². The Hall–Kier alpha value is -1.27. The van der Waals surface area contributed by atoms with Crippen molar-refractivity contribution >= 4 is 25.7 Å². The van der Waals surface area contributed by atoms with E-state index in [0.717, 1.165) is 6.07 Å². The van der Waals surface area contributed by atoms with E-state index in [2.05, 4.69) is 0 Å². The van der Waals surface area contributed by atoms with E-state index in [1.54, 1.807) is 6.92 Å². The molecule has 0 atom stereocenters. The number of benzene rings is 1. The largest absolute Gasteiger partial charge is 0.493 e. The predicted molar refractivity (Wildman–Crippen MR) is 75.8 cm³/mol. The summed E-state index contributed by atoms with van der Waals surface area (Å²) in [5.74, 6) is -0.191. The van der Waals surface area contributed by atoms with E-state index < -0.39 is 15.0 Å². The Morgan fingerprint density at radius 3 is 2.50 bits per heavy atom. The summed E-state index contributed by atoms with van der Waals surface area (Å²) in [6.07, 6.45) is 0. The van der Waals surface area contributed by atoms with Crippen LogP contribution in [0.15, 0.2) is 23.1 Å². The van der Waals surface area contributed by atoms with Crippen LogP contribution < -0.4 is 4.74 Å². The van der Waals surface area contributed by atoms with Crippen LogP contribution in [0.25, 0.3) is 0 Å². The third kappa shape index (κ3) is 4.68. The van der Waals surface area contributed by atoms with Gasteiger partial charge in [0, 0.05) is 10.7 Å². The van der Waals surface area contributed by atoms with E-state index in [1.165, 1.54) is 12.1 Å². The molecule has 0 aliphatic rings. The van der Waals surface area contributed by atoms with Crippen molar-refractivity contribution in [3.63, 3.8) is 0 Å². The van der Waals surface area contributed by atoms with Gasteiger partial charge < -0.3 is 9.47 Å². The Morgan fingerprint density at radius 1 is 1.35 bits per heavy atom. The van der Waals surface area contributed by atoms with Crippen molar-refractivity contribution in [1.82, 2.24) is 0 Å². The van der Waals surface area contributed by atoms with E-state index in [1.807, 2.05) is 13.8 Å². The molecule has 0 heterocycles. The van der Waals surface area contributed by atoms with Gasteiger partial charge in [0.05, 0.1) is 18.1 Å². The van der Waals surface area contributed by atoms with Crippen LogP contribution in [0.3, 0.4) is 0 Å². The smallest absolute Gasteiger partial charge is 0.341 e. The van der Waals surface area contributed by atoms with Crippen molar-refractivity contribution in [3.05, 3.63) is 23.8 Å². The third-order valence-corrected chi connectivity index (χ3v) is 3.65. The van der Waals surface area contributed by atoms with E-state index in [0.29, 0.717) is 6.61 Å². The molecule has 20 heavy (non-hydrogen) atoms. The number of hydrogen-bond donors (Lipinski definition) is 0. The maximum atomic E-state index is 12.0. The minimum absolute atomic E-state index is 0.0502. The molecule has 112 valence electrons. The summed E-state index contributed by atoms with van der Waals surface area (Å²) in [5.41, 5.74) is 0.0502. The number of carbonyl (C=O) groups excluding carboxylic acids is 1. The second-order valence-electron chi connectivity index (χ2n) is 4.52. The summed E-state index contributed by atoms with van der Waals surface area (Å²) in [4.78, 5) is 11.8. The van der Waals surface area contributed by atoms with Crippen LogP contribution in [0.2, 0.25) is 0 Å². The fourth-order valence-corrected chi connectivity index (χ4v) is 2.20. The summed E-state index contributed by atoms with van der Waals surface area (Å²) >= 11 is 0. The van der Waals surface area contributed by atoms with Crippen LogP contribution in [0, 0.1) is 5.92 Å². The van der Waals surface area contributed by atoms with Gasteiger partial charge in [0.15, 0.2) is 0 Å². The quantitative estimate of drug-likeness (QED) is 0.595. The van der Waals surface area contributed by atoms with Crippen molar-refractivity contribution in [2.45, 2.75) is 25.7 Å². The number of hydrogen-bond acceptors (Lipinski definition) is 5. The molecule has 0 aliphatic carbocycles. The molecule has 0 spiro atoms. The molecule has 0 N–H and O–H groups in total. The fourth-order valence-electron chi connectivity index (χ4n) is 1.42. The lowest BCUT2D eigenvalue weighted by molar-refractivity contribution is 0.0454. The minimum Gasteiger partial charge on any atom is -0.493 e. The van der Waals surface area contributed by atoms with Gasteiger partial charge >= 0.3 is 5.97 Å². The molecule has 0 amide bonds. The zero-order chi connectivity index (χ0) is 15.3. The number of carbonyl (C=O) groups is 1. The lowest BCUT2D eigenvalue weighted by Crippen LogP contribution is -2.12. The average Bonchev–Trinajstić information content (AvgIpc) is 2.35. The monoisotopic (exact) mass is 320 g/mol. The summed E-state index contributed by atoms with van der Waals surface area (Å²) in [7, 11) is 1.36.